The zero-order valence-corrected chi connectivity index (χ0v) is 14.3. The molecule has 5 heteroatoms. The number of hydrogen-bond donors (Lipinski definition) is 0. The molecule has 2 rings (SSSR count). The van der Waals surface area contributed by atoms with Crippen LogP contribution in [0, 0.1) is 25.2 Å². The van der Waals surface area contributed by atoms with E-state index in [1.807, 2.05) is 32.0 Å². The number of halogens is 1. The average Bonchev–Trinajstić information content (AvgIpc) is 2.84. The Hall–Kier alpha value is -1.64. The van der Waals surface area contributed by atoms with Crippen LogP contribution in [0.1, 0.15) is 27.2 Å². The van der Waals surface area contributed by atoms with Crippen molar-refractivity contribution in [3.8, 4) is 6.07 Å². The van der Waals surface area contributed by atoms with Gasteiger partial charge in [0.05, 0.1) is 21.2 Å². The van der Waals surface area contributed by atoms with Crippen LogP contribution in [0.3, 0.4) is 0 Å². The number of thiophene rings is 1. The van der Waals surface area contributed by atoms with Crippen LogP contribution in [0.4, 0.5) is 5.69 Å². The van der Waals surface area contributed by atoms with Crippen molar-refractivity contribution in [1.29, 1.82) is 5.26 Å². The van der Waals surface area contributed by atoms with Gasteiger partial charge in [0.2, 0.25) is 0 Å². The Labute approximate surface area is 136 Å². The van der Waals surface area contributed by atoms with Crippen molar-refractivity contribution < 1.29 is 4.79 Å². The summed E-state index contributed by atoms with van der Waals surface area (Å²) >= 11 is 4.78. The number of carbonyl (C=O) groups is 1. The fourth-order valence-electron chi connectivity index (χ4n) is 2.18. The van der Waals surface area contributed by atoms with Gasteiger partial charge in [-0.1, -0.05) is 6.07 Å². The third kappa shape index (κ3) is 3.93. The first-order chi connectivity index (χ1) is 10.0. The highest BCUT2D eigenvalue weighted by Crippen LogP contribution is 2.26. The van der Waals surface area contributed by atoms with E-state index in [0.29, 0.717) is 17.8 Å². The number of hydrogen-bond acceptors (Lipinski definition) is 3. The average molecular weight is 363 g/mol. The largest absolute Gasteiger partial charge is 0.307 e. The third-order valence-corrected chi connectivity index (χ3v) is 4.61. The number of nitrogens with zero attached hydrogens (tertiary/aromatic N) is 2. The van der Waals surface area contributed by atoms with Gasteiger partial charge in [0.25, 0.3) is 5.91 Å². The predicted octanol–water partition coefficient (Wildman–Crippen LogP) is 4.69. The Morgan fingerprint density at radius 3 is 2.48 bits per heavy atom. The molecule has 1 amide bonds. The Balaban J connectivity index is 2.38. The van der Waals surface area contributed by atoms with E-state index in [1.165, 1.54) is 11.3 Å². The number of nitriles is 1. The van der Waals surface area contributed by atoms with E-state index in [0.717, 1.165) is 20.6 Å². The number of benzene rings is 1. The standard InChI is InChI=1S/C16H15BrN2OS/c1-11-8-12(2)10-13(9-11)19(7-3-6-18)16(20)14-4-5-15(17)21-14/h4-5,8-10H,3,7H2,1-2H3. The molecule has 2 aromatic rings. The van der Waals surface area contributed by atoms with E-state index in [4.69, 9.17) is 5.26 Å². The van der Waals surface area contributed by atoms with E-state index >= 15 is 0 Å². The van der Waals surface area contributed by atoms with Gasteiger partial charge in [-0.2, -0.15) is 5.26 Å². The van der Waals surface area contributed by atoms with Crippen LogP contribution < -0.4 is 4.90 Å². The lowest BCUT2D eigenvalue weighted by Crippen LogP contribution is -2.31. The van der Waals surface area contributed by atoms with Gasteiger partial charge in [-0.3, -0.25) is 4.79 Å². The first-order valence-corrected chi connectivity index (χ1v) is 8.14. The number of rotatable bonds is 4. The maximum atomic E-state index is 12.7. The summed E-state index contributed by atoms with van der Waals surface area (Å²) < 4.78 is 0.923. The van der Waals surface area contributed by atoms with Crippen LogP contribution in [0.5, 0.6) is 0 Å². The van der Waals surface area contributed by atoms with Crippen molar-refractivity contribution in [2.24, 2.45) is 0 Å². The molecule has 108 valence electrons. The molecule has 0 N–H and O–H groups in total. The van der Waals surface area contributed by atoms with Crippen molar-refractivity contribution in [2.75, 3.05) is 11.4 Å². The van der Waals surface area contributed by atoms with E-state index in [2.05, 4.69) is 28.1 Å². The minimum absolute atomic E-state index is 0.0639. The van der Waals surface area contributed by atoms with Gasteiger partial charge < -0.3 is 4.90 Å². The fraction of sp³-hybridized carbons (Fsp3) is 0.250. The minimum atomic E-state index is -0.0639. The molecule has 0 aliphatic heterocycles. The van der Waals surface area contributed by atoms with Crippen LogP contribution in [0.15, 0.2) is 34.1 Å². The lowest BCUT2D eigenvalue weighted by molar-refractivity contribution is 0.0991. The van der Waals surface area contributed by atoms with E-state index < -0.39 is 0 Å². The normalized spacial score (nSPS) is 10.2. The van der Waals surface area contributed by atoms with E-state index in [9.17, 15) is 4.79 Å². The lowest BCUT2D eigenvalue weighted by Gasteiger charge is -2.22. The van der Waals surface area contributed by atoms with Crippen molar-refractivity contribution in [1.82, 2.24) is 0 Å². The van der Waals surface area contributed by atoms with Gasteiger partial charge in [-0.15, -0.1) is 11.3 Å². The lowest BCUT2D eigenvalue weighted by atomic mass is 10.1. The first-order valence-electron chi connectivity index (χ1n) is 6.53. The second kappa shape index (κ2) is 6.88. The molecule has 0 spiro atoms. The third-order valence-electron chi connectivity index (χ3n) is 2.99. The van der Waals surface area contributed by atoms with Crippen LogP contribution in [-0.4, -0.2) is 12.5 Å². The van der Waals surface area contributed by atoms with Crippen LogP contribution in [0.2, 0.25) is 0 Å². The number of carbonyl (C=O) groups excluding carboxylic acids is 1. The van der Waals surface area contributed by atoms with Gasteiger partial charge in [0.15, 0.2) is 0 Å². The molecule has 1 aromatic carbocycles. The maximum absolute atomic E-state index is 12.7. The summed E-state index contributed by atoms with van der Waals surface area (Å²) in [6.07, 6.45) is 0.311. The summed E-state index contributed by atoms with van der Waals surface area (Å²) in [5.74, 6) is -0.0639. The molecule has 1 aromatic heterocycles. The monoisotopic (exact) mass is 362 g/mol. The SMILES string of the molecule is Cc1cc(C)cc(N(CCC#N)C(=O)c2ccc(Br)s2)c1. The molecule has 1 heterocycles. The van der Waals surface area contributed by atoms with Crippen molar-refractivity contribution >= 4 is 38.9 Å². The minimum Gasteiger partial charge on any atom is -0.307 e. The summed E-state index contributed by atoms with van der Waals surface area (Å²) in [6, 6.07) is 11.8. The molecule has 0 radical (unpaired) electrons. The van der Waals surface area contributed by atoms with E-state index in [-0.39, 0.29) is 5.91 Å². The molecule has 0 unspecified atom stereocenters. The zero-order valence-electron chi connectivity index (χ0n) is 11.9. The number of anilines is 1. The van der Waals surface area contributed by atoms with Gasteiger partial charge >= 0.3 is 0 Å². The second-order valence-electron chi connectivity index (χ2n) is 4.81. The van der Waals surface area contributed by atoms with Crippen LogP contribution >= 0.6 is 27.3 Å². The Morgan fingerprint density at radius 2 is 1.95 bits per heavy atom. The van der Waals surface area contributed by atoms with Gasteiger partial charge in [-0.25, -0.2) is 0 Å². The van der Waals surface area contributed by atoms with Crippen molar-refractivity contribution in [3.05, 3.63) is 50.1 Å². The molecule has 3 nitrogen and oxygen atoms in total. The molecule has 21 heavy (non-hydrogen) atoms. The number of amides is 1. The number of aryl methyl sites for hydroxylation is 2. The maximum Gasteiger partial charge on any atom is 0.268 e. The molecule has 0 aliphatic rings. The molecule has 0 fully saturated rings. The first kappa shape index (κ1) is 15.7. The van der Waals surface area contributed by atoms with Gasteiger partial charge in [0.1, 0.15) is 0 Å². The molecular formula is C16H15BrN2OS. The Kier molecular flexibility index (Phi) is 5.16. The molecule has 0 saturated heterocycles. The topological polar surface area (TPSA) is 44.1 Å². The van der Waals surface area contributed by atoms with E-state index in [1.54, 1.807) is 11.0 Å². The van der Waals surface area contributed by atoms with Gasteiger partial charge in [0, 0.05) is 12.2 Å². The summed E-state index contributed by atoms with van der Waals surface area (Å²) in [5, 5.41) is 8.83. The zero-order chi connectivity index (χ0) is 15.4. The highest BCUT2D eigenvalue weighted by Gasteiger charge is 2.19. The highest BCUT2D eigenvalue weighted by molar-refractivity contribution is 9.11. The predicted molar refractivity (Wildman–Crippen MR) is 89.8 cm³/mol. The van der Waals surface area contributed by atoms with Crippen molar-refractivity contribution in [2.45, 2.75) is 20.3 Å². The van der Waals surface area contributed by atoms with Gasteiger partial charge in [-0.05, 0) is 65.2 Å². The molecule has 0 atom stereocenters. The second-order valence-corrected chi connectivity index (χ2v) is 7.28. The quantitative estimate of drug-likeness (QED) is 0.791. The molecule has 0 saturated carbocycles. The molecule has 0 aliphatic carbocycles. The fourth-order valence-corrected chi connectivity index (χ4v) is 3.51. The smallest absolute Gasteiger partial charge is 0.268 e. The van der Waals surface area contributed by atoms with Crippen LogP contribution in [-0.2, 0) is 0 Å². The summed E-state index contributed by atoms with van der Waals surface area (Å²) in [4.78, 5) is 15.0. The Bertz CT molecular complexity index is 682. The Morgan fingerprint density at radius 1 is 1.29 bits per heavy atom. The molecular weight excluding hydrogens is 348 g/mol. The summed E-state index contributed by atoms with van der Waals surface area (Å²) in [5.41, 5.74) is 3.05. The molecule has 0 bridgehead atoms. The summed E-state index contributed by atoms with van der Waals surface area (Å²) in [6.45, 7) is 4.41. The van der Waals surface area contributed by atoms with Crippen LogP contribution in [0.25, 0.3) is 0 Å². The van der Waals surface area contributed by atoms with Crippen molar-refractivity contribution in [3.63, 3.8) is 0 Å². The highest BCUT2D eigenvalue weighted by atomic mass is 79.9. The summed E-state index contributed by atoms with van der Waals surface area (Å²) in [7, 11) is 0.